The molecule has 0 spiro atoms. The SMILES string of the molecule is COc1cccc([C@@H](Oc2ccccc2)[C@H](C)OC(=O)[C@H](C)NC(=O)c2nccc(OC)c2O)c1. The molecule has 184 valence electrons. The monoisotopic (exact) mass is 480 g/mol. The first-order chi connectivity index (χ1) is 16.8. The molecule has 1 amide bonds. The van der Waals surface area contributed by atoms with Gasteiger partial charge in [0.25, 0.3) is 5.91 Å². The molecule has 0 aliphatic carbocycles. The number of hydrogen-bond donors (Lipinski definition) is 2. The van der Waals surface area contributed by atoms with E-state index in [2.05, 4.69) is 10.3 Å². The Balaban J connectivity index is 1.74. The highest BCUT2D eigenvalue weighted by Crippen LogP contribution is 2.30. The normalized spacial score (nSPS) is 13.1. The van der Waals surface area contributed by atoms with E-state index >= 15 is 0 Å². The lowest BCUT2D eigenvalue weighted by atomic mass is 10.0. The van der Waals surface area contributed by atoms with Gasteiger partial charge in [0.2, 0.25) is 0 Å². The fourth-order valence-electron chi connectivity index (χ4n) is 3.34. The lowest BCUT2D eigenvalue weighted by Gasteiger charge is -2.27. The second-order valence-electron chi connectivity index (χ2n) is 7.68. The van der Waals surface area contributed by atoms with Crippen molar-refractivity contribution < 1.29 is 33.6 Å². The molecule has 1 aromatic heterocycles. The van der Waals surface area contributed by atoms with Crippen LogP contribution in [0, 0.1) is 0 Å². The smallest absolute Gasteiger partial charge is 0.328 e. The highest BCUT2D eigenvalue weighted by Gasteiger charge is 2.29. The van der Waals surface area contributed by atoms with Gasteiger partial charge >= 0.3 is 5.97 Å². The minimum atomic E-state index is -1.03. The molecule has 9 heteroatoms. The maximum Gasteiger partial charge on any atom is 0.328 e. The van der Waals surface area contributed by atoms with Crippen molar-refractivity contribution in [2.75, 3.05) is 14.2 Å². The molecule has 3 atom stereocenters. The van der Waals surface area contributed by atoms with Crippen molar-refractivity contribution in [1.29, 1.82) is 0 Å². The first-order valence-electron chi connectivity index (χ1n) is 10.9. The molecule has 3 aromatic rings. The van der Waals surface area contributed by atoms with Gasteiger partial charge in [-0.15, -0.1) is 0 Å². The molecular formula is C26H28N2O7. The van der Waals surface area contributed by atoms with E-state index in [1.807, 2.05) is 30.3 Å². The number of aromatic hydroxyl groups is 1. The number of ether oxygens (including phenoxy) is 4. The van der Waals surface area contributed by atoms with Crippen molar-refractivity contribution in [3.63, 3.8) is 0 Å². The van der Waals surface area contributed by atoms with E-state index in [1.165, 1.54) is 26.3 Å². The van der Waals surface area contributed by atoms with Crippen LogP contribution in [-0.2, 0) is 9.53 Å². The number of esters is 1. The second kappa shape index (κ2) is 11.7. The van der Waals surface area contributed by atoms with Crippen molar-refractivity contribution in [3.8, 4) is 23.0 Å². The fraction of sp³-hybridized carbons (Fsp3) is 0.269. The van der Waals surface area contributed by atoms with Gasteiger partial charge in [-0.25, -0.2) is 9.78 Å². The number of aromatic nitrogens is 1. The summed E-state index contributed by atoms with van der Waals surface area (Å²) in [5.74, 6) is -0.525. The summed E-state index contributed by atoms with van der Waals surface area (Å²) in [4.78, 5) is 29.2. The lowest BCUT2D eigenvalue weighted by Crippen LogP contribution is -2.42. The summed E-state index contributed by atoms with van der Waals surface area (Å²) >= 11 is 0. The average Bonchev–Trinajstić information content (AvgIpc) is 2.87. The zero-order valence-electron chi connectivity index (χ0n) is 19.9. The number of rotatable bonds is 10. The van der Waals surface area contributed by atoms with Gasteiger partial charge in [0.05, 0.1) is 14.2 Å². The Morgan fingerprint density at radius 3 is 2.34 bits per heavy atom. The third kappa shape index (κ3) is 6.41. The zero-order chi connectivity index (χ0) is 25.4. The molecule has 0 radical (unpaired) electrons. The Hall–Kier alpha value is -4.27. The van der Waals surface area contributed by atoms with Gasteiger partial charge in [-0.3, -0.25) is 4.79 Å². The number of benzene rings is 2. The van der Waals surface area contributed by atoms with E-state index in [4.69, 9.17) is 18.9 Å². The number of nitrogens with zero attached hydrogens (tertiary/aromatic N) is 1. The van der Waals surface area contributed by atoms with Crippen LogP contribution in [0.15, 0.2) is 66.9 Å². The van der Waals surface area contributed by atoms with E-state index < -0.39 is 35.9 Å². The van der Waals surface area contributed by atoms with E-state index in [0.29, 0.717) is 11.5 Å². The predicted molar refractivity (Wildman–Crippen MR) is 128 cm³/mol. The van der Waals surface area contributed by atoms with Gasteiger partial charge in [0.15, 0.2) is 23.3 Å². The largest absolute Gasteiger partial charge is 0.503 e. The Labute approximate surface area is 203 Å². The molecular weight excluding hydrogens is 452 g/mol. The summed E-state index contributed by atoms with van der Waals surface area (Å²) in [5.41, 5.74) is 0.481. The molecule has 1 heterocycles. The summed E-state index contributed by atoms with van der Waals surface area (Å²) in [6.45, 7) is 3.18. The number of pyridine rings is 1. The van der Waals surface area contributed by atoms with Crippen LogP contribution < -0.4 is 19.5 Å². The third-order valence-corrected chi connectivity index (χ3v) is 5.18. The molecule has 0 unspecified atom stereocenters. The molecule has 0 saturated heterocycles. The highest BCUT2D eigenvalue weighted by atomic mass is 16.6. The highest BCUT2D eigenvalue weighted by molar-refractivity contribution is 5.97. The first kappa shape index (κ1) is 25.4. The first-order valence-corrected chi connectivity index (χ1v) is 10.9. The molecule has 9 nitrogen and oxygen atoms in total. The van der Waals surface area contributed by atoms with Crippen LogP contribution in [0.1, 0.15) is 36.0 Å². The zero-order valence-corrected chi connectivity index (χ0v) is 19.9. The molecule has 0 bridgehead atoms. The van der Waals surface area contributed by atoms with Gasteiger partial charge in [0.1, 0.15) is 23.6 Å². The van der Waals surface area contributed by atoms with Crippen LogP contribution in [0.25, 0.3) is 0 Å². The van der Waals surface area contributed by atoms with Crippen molar-refractivity contribution in [1.82, 2.24) is 10.3 Å². The van der Waals surface area contributed by atoms with Gasteiger partial charge in [0, 0.05) is 12.3 Å². The van der Waals surface area contributed by atoms with Crippen LogP contribution in [-0.4, -0.2) is 48.3 Å². The molecule has 3 rings (SSSR count). The Morgan fingerprint density at radius 2 is 1.66 bits per heavy atom. The van der Waals surface area contributed by atoms with Crippen LogP contribution >= 0.6 is 0 Å². The quantitative estimate of drug-likeness (QED) is 0.422. The summed E-state index contributed by atoms with van der Waals surface area (Å²) in [5, 5.41) is 12.6. The topological polar surface area (TPSA) is 116 Å². The van der Waals surface area contributed by atoms with Gasteiger partial charge < -0.3 is 29.4 Å². The number of carbonyl (C=O) groups excluding carboxylic acids is 2. The van der Waals surface area contributed by atoms with Crippen LogP contribution in [0.4, 0.5) is 0 Å². The van der Waals surface area contributed by atoms with Crippen molar-refractivity contribution in [3.05, 3.63) is 78.1 Å². The van der Waals surface area contributed by atoms with E-state index in [-0.39, 0.29) is 11.4 Å². The van der Waals surface area contributed by atoms with Gasteiger partial charge in [-0.2, -0.15) is 0 Å². The van der Waals surface area contributed by atoms with Gasteiger partial charge in [-0.05, 0) is 43.7 Å². The number of hydrogen-bond acceptors (Lipinski definition) is 8. The van der Waals surface area contributed by atoms with Gasteiger partial charge in [-0.1, -0.05) is 30.3 Å². The van der Waals surface area contributed by atoms with E-state index in [9.17, 15) is 14.7 Å². The number of nitrogens with one attached hydrogen (secondary N) is 1. The van der Waals surface area contributed by atoms with Crippen LogP contribution in [0.5, 0.6) is 23.0 Å². The maximum atomic E-state index is 12.8. The summed E-state index contributed by atoms with van der Waals surface area (Å²) in [6.07, 6.45) is -0.0565. The number of methoxy groups -OCH3 is 2. The molecule has 0 aliphatic heterocycles. The third-order valence-electron chi connectivity index (χ3n) is 5.18. The van der Waals surface area contributed by atoms with Crippen LogP contribution in [0.3, 0.4) is 0 Å². The van der Waals surface area contributed by atoms with Crippen molar-refractivity contribution in [2.24, 2.45) is 0 Å². The number of para-hydroxylation sites is 1. The summed E-state index contributed by atoms with van der Waals surface area (Å²) in [6, 6.07) is 16.8. The lowest BCUT2D eigenvalue weighted by molar-refractivity contribution is -0.154. The Kier molecular flexibility index (Phi) is 8.50. The predicted octanol–water partition coefficient (Wildman–Crippen LogP) is 3.67. The summed E-state index contributed by atoms with van der Waals surface area (Å²) in [7, 11) is 2.92. The van der Waals surface area contributed by atoms with Crippen LogP contribution in [0.2, 0.25) is 0 Å². The molecule has 2 aromatic carbocycles. The number of amides is 1. The Bertz CT molecular complexity index is 1150. The van der Waals surface area contributed by atoms with Crippen molar-refractivity contribution in [2.45, 2.75) is 32.1 Å². The minimum Gasteiger partial charge on any atom is -0.503 e. The maximum absolute atomic E-state index is 12.8. The van der Waals surface area contributed by atoms with Crippen molar-refractivity contribution >= 4 is 11.9 Å². The molecule has 0 saturated carbocycles. The standard InChI is InChI=1S/C26H28N2O7/c1-16(28-25(30)22-23(29)21(33-4)13-14-27-22)26(31)34-17(2)24(35-19-10-6-5-7-11-19)18-9-8-12-20(15-18)32-3/h5-17,24,29H,1-4H3,(H,28,30)/t16-,17-,24-/m0/s1. The molecule has 0 fully saturated rings. The minimum absolute atomic E-state index is 0.0909. The summed E-state index contributed by atoms with van der Waals surface area (Å²) < 4.78 is 22.1. The van der Waals surface area contributed by atoms with E-state index in [0.717, 1.165) is 5.56 Å². The molecule has 2 N–H and O–H groups in total. The van der Waals surface area contributed by atoms with E-state index in [1.54, 1.807) is 38.3 Å². The average molecular weight is 481 g/mol. The molecule has 0 aliphatic rings. The number of carbonyl (C=O) groups is 2. The fourth-order valence-corrected chi connectivity index (χ4v) is 3.34. The second-order valence-corrected chi connectivity index (χ2v) is 7.68. The Morgan fingerprint density at radius 1 is 0.943 bits per heavy atom. The molecule has 35 heavy (non-hydrogen) atoms.